The van der Waals surface area contributed by atoms with Crippen LogP contribution >= 0.6 is 0 Å². The molecule has 242 valence electrons. The van der Waals surface area contributed by atoms with Crippen LogP contribution in [-0.4, -0.2) is 22.5 Å². The van der Waals surface area contributed by atoms with Crippen molar-refractivity contribution in [3.05, 3.63) is 108 Å². The van der Waals surface area contributed by atoms with Gasteiger partial charge in [-0.05, 0) is 75.4 Å². The van der Waals surface area contributed by atoms with Crippen molar-refractivity contribution in [1.29, 1.82) is 0 Å². The summed E-state index contributed by atoms with van der Waals surface area (Å²) in [6.45, 7) is 19.3. The number of nitrogens with one attached hydrogen (secondary N) is 2. The van der Waals surface area contributed by atoms with Gasteiger partial charge < -0.3 is 26.0 Å². The molecule has 5 N–H and O–H groups in total. The highest BCUT2D eigenvalue weighted by molar-refractivity contribution is 5.88. The van der Waals surface area contributed by atoms with Crippen LogP contribution in [0, 0.1) is 18.3 Å². The third-order valence-corrected chi connectivity index (χ3v) is 8.26. The molecule has 0 saturated heterocycles. The summed E-state index contributed by atoms with van der Waals surface area (Å²) >= 11 is 0. The predicted octanol–water partition coefficient (Wildman–Crippen LogP) is 9.62. The molecule has 2 heterocycles. The van der Waals surface area contributed by atoms with Crippen LogP contribution in [0.2, 0.25) is 0 Å². The van der Waals surface area contributed by atoms with Crippen molar-refractivity contribution in [2.24, 2.45) is 11.3 Å². The van der Waals surface area contributed by atoms with Crippen LogP contribution in [0.5, 0.6) is 0 Å². The maximum Gasteiger partial charge on any atom is 0.229 e. The number of amides is 1. The van der Waals surface area contributed by atoms with Gasteiger partial charge in [0.25, 0.3) is 0 Å². The number of H-pyrrole nitrogens is 1. The molecular weight excluding hydrogens is 556 g/mol. The number of hydrogen-bond donors (Lipinski definition) is 4. The van der Waals surface area contributed by atoms with Gasteiger partial charge in [0.1, 0.15) is 0 Å². The Balaban J connectivity index is 0.000000361. The number of hydrogen-bond acceptors (Lipinski definition) is 4. The standard InChI is InChI=1S/C29H35N3.C8H15NO.C2H4O/c1-3-4-5-6-21-9-11-22(12-10-21)29-28-25(26-19-23(30)13-16-27(26)31-28)17-18-32(29)24-14-7-20(2)8-15-24;1-6(2)9-7(10)8(3,4)5;1-2-3/h7-11,13-16,19,22,29,31H,3-6,12,17-18,30H2,1-2H3;1H2,2-5H3,(H,9,10);2-3H,1H2. The highest BCUT2D eigenvalue weighted by Crippen LogP contribution is 2.44. The third-order valence-electron chi connectivity index (χ3n) is 8.26. The number of fused-ring (bicyclic) bond motifs is 3. The van der Waals surface area contributed by atoms with Crippen molar-refractivity contribution in [3.8, 4) is 0 Å². The lowest BCUT2D eigenvalue weighted by Crippen LogP contribution is -2.39. The molecule has 0 bridgehead atoms. The van der Waals surface area contributed by atoms with Crippen LogP contribution in [0.25, 0.3) is 10.9 Å². The quantitative estimate of drug-likeness (QED) is 0.122. The lowest BCUT2D eigenvalue weighted by molar-refractivity contribution is -0.127. The van der Waals surface area contributed by atoms with Gasteiger partial charge in [-0.3, -0.25) is 4.79 Å². The SMILES string of the molecule is C=C(C)NC(=O)C(C)(C)C.C=CO.CCCCCC1=CCC(C2c3[nH]c4ccc(N)cc4c3CCN2c2ccc(C)cc2)C=C1. The second-order valence-corrected chi connectivity index (χ2v) is 13.2. The average molecular weight is 611 g/mol. The highest BCUT2D eigenvalue weighted by Gasteiger charge is 2.35. The molecule has 1 aliphatic carbocycles. The largest absolute Gasteiger partial charge is 0.516 e. The number of aromatic amines is 1. The molecule has 3 aromatic rings. The number of carbonyl (C=O) groups is 1. The number of benzene rings is 2. The Labute approximate surface area is 270 Å². The van der Waals surface area contributed by atoms with Crippen LogP contribution in [0.3, 0.4) is 0 Å². The van der Waals surface area contributed by atoms with Crippen LogP contribution in [-0.2, 0) is 11.2 Å². The maximum absolute atomic E-state index is 11.1. The summed E-state index contributed by atoms with van der Waals surface area (Å²) < 4.78 is 0. The zero-order valence-electron chi connectivity index (χ0n) is 28.2. The number of nitrogen functional groups attached to an aromatic ring is 1. The smallest absolute Gasteiger partial charge is 0.229 e. The van der Waals surface area contributed by atoms with Gasteiger partial charge in [-0.25, -0.2) is 0 Å². The summed E-state index contributed by atoms with van der Waals surface area (Å²) in [5, 5.41) is 11.3. The van der Waals surface area contributed by atoms with Gasteiger partial charge in [-0.2, -0.15) is 0 Å². The van der Waals surface area contributed by atoms with Gasteiger partial charge in [0.05, 0.1) is 12.3 Å². The molecule has 2 unspecified atom stereocenters. The Kier molecular flexibility index (Phi) is 12.7. The molecular formula is C39H54N4O2. The number of nitrogens with two attached hydrogens (primary N) is 1. The molecule has 0 saturated carbocycles. The maximum atomic E-state index is 11.1. The van der Waals surface area contributed by atoms with Crippen LogP contribution in [0.4, 0.5) is 11.4 Å². The fourth-order valence-electron chi connectivity index (χ4n) is 5.87. The van der Waals surface area contributed by atoms with Crippen molar-refractivity contribution in [2.75, 3.05) is 17.2 Å². The first-order valence-corrected chi connectivity index (χ1v) is 16.2. The zero-order valence-corrected chi connectivity index (χ0v) is 28.2. The Bertz CT molecular complexity index is 1500. The van der Waals surface area contributed by atoms with Crippen LogP contribution < -0.4 is 16.0 Å². The van der Waals surface area contributed by atoms with E-state index in [4.69, 9.17) is 10.8 Å². The van der Waals surface area contributed by atoms with E-state index >= 15 is 0 Å². The fourth-order valence-corrected chi connectivity index (χ4v) is 5.87. The minimum atomic E-state index is -0.320. The van der Waals surface area contributed by atoms with E-state index in [1.165, 1.54) is 64.7 Å². The first kappa shape index (κ1) is 35.3. The van der Waals surface area contributed by atoms with Gasteiger partial charge in [0, 0.05) is 51.5 Å². The van der Waals surface area contributed by atoms with E-state index < -0.39 is 0 Å². The number of allylic oxidation sites excluding steroid dienone is 4. The molecule has 6 heteroatoms. The van der Waals surface area contributed by atoms with Crippen molar-refractivity contribution >= 4 is 28.2 Å². The highest BCUT2D eigenvalue weighted by atomic mass is 16.2. The van der Waals surface area contributed by atoms with E-state index in [-0.39, 0.29) is 11.3 Å². The summed E-state index contributed by atoms with van der Waals surface area (Å²) in [7, 11) is 0. The van der Waals surface area contributed by atoms with E-state index in [2.05, 4.69) is 96.8 Å². The molecule has 45 heavy (non-hydrogen) atoms. The van der Waals surface area contributed by atoms with E-state index in [9.17, 15) is 4.79 Å². The van der Waals surface area contributed by atoms with Crippen molar-refractivity contribution < 1.29 is 9.90 Å². The van der Waals surface area contributed by atoms with Gasteiger partial charge in [-0.1, -0.05) is 95.2 Å². The summed E-state index contributed by atoms with van der Waals surface area (Å²) in [6, 6.07) is 15.6. The zero-order chi connectivity index (χ0) is 33.1. The Morgan fingerprint density at radius 1 is 1.18 bits per heavy atom. The van der Waals surface area contributed by atoms with Crippen LogP contribution in [0.1, 0.15) is 89.6 Å². The molecule has 1 aliphatic heterocycles. The minimum absolute atomic E-state index is 0.0139. The Morgan fingerprint density at radius 3 is 2.42 bits per heavy atom. The summed E-state index contributed by atoms with van der Waals surface area (Å²) in [5.74, 6) is 0.468. The Hall–Kier alpha value is -4.19. The molecule has 0 radical (unpaired) electrons. The first-order valence-electron chi connectivity index (χ1n) is 16.2. The fraction of sp³-hybridized carbons (Fsp3) is 0.410. The van der Waals surface area contributed by atoms with Gasteiger partial charge in [0.2, 0.25) is 5.91 Å². The second kappa shape index (κ2) is 16.2. The normalized spacial score (nSPS) is 17.2. The molecule has 2 aliphatic rings. The number of nitrogens with zero attached hydrogens (tertiary/aromatic N) is 1. The van der Waals surface area contributed by atoms with Crippen molar-refractivity contribution in [3.63, 3.8) is 0 Å². The molecule has 2 aromatic carbocycles. The molecule has 2 atom stereocenters. The van der Waals surface area contributed by atoms with Gasteiger partial charge >= 0.3 is 0 Å². The molecule has 0 fully saturated rings. The van der Waals surface area contributed by atoms with Crippen molar-refractivity contribution in [1.82, 2.24) is 10.3 Å². The van der Waals surface area contributed by atoms with E-state index in [0.717, 1.165) is 31.3 Å². The second-order valence-electron chi connectivity index (χ2n) is 13.2. The van der Waals surface area contributed by atoms with Gasteiger partial charge in [0.15, 0.2) is 0 Å². The first-order chi connectivity index (χ1) is 21.4. The number of unbranched alkanes of at least 4 members (excludes halogenated alkanes) is 2. The molecule has 5 rings (SSSR count). The monoisotopic (exact) mass is 610 g/mol. The number of aliphatic hydroxyl groups is 1. The summed E-state index contributed by atoms with van der Waals surface area (Å²) in [6.07, 6.45) is 15.3. The molecule has 1 amide bonds. The topological polar surface area (TPSA) is 94.4 Å². The summed E-state index contributed by atoms with van der Waals surface area (Å²) in [5.41, 5.74) is 15.5. The summed E-state index contributed by atoms with van der Waals surface area (Å²) in [4.78, 5) is 17.5. The van der Waals surface area contributed by atoms with Gasteiger partial charge in [-0.15, -0.1) is 0 Å². The number of aryl methyl sites for hydroxylation is 1. The van der Waals surface area contributed by atoms with E-state index in [0.29, 0.717) is 17.7 Å². The number of aliphatic hydroxyl groups excluding tert-OH is 1. The lowest BCUT2D eigenvalue weighted by atomic mass is 9.82. The number of anilines is 2. The molecule has 6 nitrogen and oxygen atoms in total. The lowest BCUT2D eigenvalue weighted by Gasteiger charge is -2.41. The van der Waals surface area contributed by atoms with Crippen LogP contribution in [0.15, 0.2) is 91.4 Å². The number of aromatic nitrogens is 1. The molecule has 1 aromatic heterocycles. The number of rotatable bonds is 7. The average Bonchev–Trinajstić information content (AvgIpc) is 3.35. The Morgan fingerprint density at radius 2 is 1.87 bits per heavy atom. The molecule has 0 spiro atoms. The third kappa shape index (κ3) is 9.65. The minimum Gasteiger partial charge on any atom is -0.516 e. The predicted molar refractivity (Wildman–Crippen MR) is 192 cm³/mol. The van der Waals surface area contributed by atoms with E-state index in [1.54, 1.807) is 6.92 Å². The van der Waals surface area contributed by atoms with E-state index in [1.807, 2.05) is 26.8 Å². The van der Waals surface area contributed by atoms with Crippen molar-refractivity contribution in [2.45, 2.75) is 86.1 Å². The number of carbonyl (C=O) groups excluding carboxylic acids is 1.